The first kappa shape index (κ1) is 80.1. The average Bonchev–Trinajstić information content (AvgIpc) is 1.61. The van der Waals surface area contributed by atoms with E-state index in [2.05, 4.69) is 391 Å². The second-order valence-corrected chi connectivity index (χ2v) is 36.1. The van der Waals surface area contributed by atoms with Crippen molar-refractivity contribution in [1.82, 2.24) is 39.0 Å². The summed E-state index contributed by atoms with van der Waals surface area (Å²) in [5.41, 5.74) is 32.5. The Kier molecular flexibility index (Phi) is 19.2. The van der Waals surface area contributed by atoms with Crippen LogP contribution in [0.3, 0.4) is 0 Å². The van der Waals surface area contributed by atoms with Crippen LogP contribution in [0.25, 0.3) is 276 Å². The Bertz CT molecular complexity index is 9820. The van der Waals surface area contributed by atoms with Crippen LogP contribution in [0.5, 0.6) is 0 Å². The summed E-state index contributed by atoms with van der Waals surface area (Å²) in [4.78, 5) is 31.0. The van der Waals surface area contributed by atoms with Crippen LogP contribution in [-0.2, 0) is 0 Å². The molecule has 0 amide bonds. The maximum absolute atomic E-state index is 6.55. The molecule has 0 radical (unpaired) electrons. The van der Waals surface area contributed by atoms with Gasteiger partial charge in [0.05, 0.1) is 49.1 Å². The quantitative estimate of drug-likeness (QED) is 0.116. The fraction of sp³-hybridized carbons (Fsp3) is 0. The molecule has 0 fully saturated rings. The summed E-state index contributed by atoms with van der Waals surface area (Å²) in [5.74, 6) is 1.97. The van der Waals surface area contributed by atoms with E-state index < -0.39 is 0 Å². The van der Waals surface area contributed by atoms with E-state index in [0.717, 1.165) is 176 Å². The van der Waals surface area contributed by atoms with Crippen molar-refractivity contribution in [2.24, 2.45) is 0 Å². The van der Waals surface area contributed by atoms with Crippen molar-refractivity contribution in [3.63, 3.8) is 0 Å². The van der Waals surface area contributed by atoms with E-state index in [1.165, 1.54) is 70.6 Å². The SMILES string of the molecule is c1cc(-c2nc(-c3ccc4c(c3)oc3ccccc34)c3sc4ccccc4c3n2)cc(-n2c3ccccc3c3ccccc32)c1.c1ccc(-c2ccc(-c3cccc(-c4cccc(-c5nc(-c6ccccc6)c6oc7cc(-c8ccccc8)ccc7c6n5)c4)c3)cc2)cc1.c1ccc2c(c1)oc1cc(-c3nc(-c4ccc(-n5c6ccccc6c6ccccc65)cc4)nc4oc5ccccc5c34)ccc12. The molecule has 29 rings (SSSR count). The van der Waals surface area contributed by atoms with Crippen LogP contribution in [0.15, 0.2) is 479 Å². The molecular formula is C126H76N8O4S. The van der Waals surface area contributed by atoms with Gasteiger partial charge < -0.3 is 26.8 Å². The Morgan fingerprint density at radius 3 is 1.14 bits per heavy atom. The summed E-state index contributed by atoms with van der Waals surface area (Å²) < 4.78 is 32.3. The van der Waals surface area contributed by atoms with Crippen LogP contribution >= 0.6 is 11.3 Å². The molecule has 0 unspecified atom stereocenters. The maximum atomic E-state index is 6.55. The molecule has 0 spiro atoms. The molecule has 650 valence electrons. The third-order valence-corrected chi connectivity index (χ3v) is 27.9. The van der Waals surface area contributed by atoms with Crippen LogP contribution in [-0.4, -0.2) is 39.0 Å². The Morgan fingerprint density at radius 2 is 0.547 bits per heavy atom. The topological polar surface area (TPSA) is 140 Å². The number of thiophene rings is 1. The second kappa shape index (κ2) is 33.3. The van der Waals surface area contributed by atoms with Gasteiger partial charge in [-0.25, -0.2) is 24.9 Å². The van der Waals surface area contributed by atoms with Gasteiger partial charge >= 0.3 is 0 Å². The number of rotatable bonds is 12. The van der Waals surface area contributed by atoms with Gasteiger partial charge in [0, 0.05) is 109 Å². The van der Waals surface area contributed by atoms with Crippen molar-refractivity contribution >= 4 is 163 Å². The lowest BCUT2D eigenvalue weighted by Gasteiger charge is -2.11. The van der Waals surface area contributed by atoms with Gasteiger partial charge in [0.15, 0.2) is 23.1 Å². The highest BCUT2D eigenvalue weighted by Crippen LogP contribution is 2.47. The molecule has 10 heterocycles. The lowest BCUT2D eigenvalue weighted by atomic mass is 9.96. The fourth-order valence-corrected chi connectivity index (χ4v) is 21.3. The summed E-state index contributed by atoms with van der Waals surface area (Å²) in [5, 5.41) is 13.4. The molecule has 0 atom stereocenters. The average molecular weight is 1800 g/mol. The minimum atomic E-state index is 0.562. The molecular weight excluding hydrogens is 1720 g/mol. The number of aromatic nitrogens is 8. The summed E-state index contributed by atoms with van der Waals surface area (Å²) in [6.07, 6.45) is 0. The highest BCUT2D eigenvalue weighted by molar-refractivity contribution is 7.26. The molecule has 0 aliphatic carbocycles. The van der Waals surface area contributed by atoms with E-state index in [-0.39, 0.29) is 0 Å². The van der Waals surface area contributed by atoms with E-state index in [4.69, 9.17) is 47.6 Å². The van der Waals surface area contributed by atoms with Gasteiger partial charge in [-0.3, -0.25) is 0 Å². The van der Waals surface area contributed by atoms with Crippen molar-refractivity contribution in [3.05, 3.63) is 461 Å². The number of nitrogens with zero attached hydrogens (tertiary/aromatic N) is 8. The Labute approximate surface area is 799 Å². The minimum Gasteiger partial charge on any atom is -0.456 e. The van der Waals surface area contributed by atoms with Crippen LogP contribution < -0.4 is 0 Å². The summed E-state index contributed by atoms with van der Waals surface area (Å²) in [6.45, 7) is 0. The third kappa shape index (κ3) is 14.0. The lowest BCUT2D eigenvalue weighted by molar-refractivity contribution is 0.653. The van der Waals surface area contributed by atoms with E-state index in [1.54, 1.807) is 11.3 Å². The molecule has 0 saturated carbocycles. The van der Waals surface area contributed by atoms with E-state index in [1.807, 2.05) is 78.9 Å². The van der Waals surface area contributed by atoms with Crippen molar-refractivity contribution in [2.75, 3.05) is 0 Å². The van der Waals surface area contributed by atoms with Crippen LogP contribution in [0.1, 0.15) is 0 Å². The number of fused-ring (bicyclic) bond motifs is 21. The van der Waals surface area contributed by atoms with E-state index in [0.29, 0.717) is 28.8 Å². The van der Waals surface area contributed by atoms with Gasteiger partial charge in [-0.1, -0.05) is 328 Å². The minimum absolute atomic E-state index is 0.562. The maximum Gasteiger partial charge on any atom is 0.231 e. The van der Waals surface area contributed by atoms with Crippen molar-refractivity contribution in [3.8, 4) is 124 Å². The third-order valence-electron chi connectivity index (χ3n) is 26.8. The highest BCUT2D eigenvalue weighted by Gasteiger charge is 2.26. The number of para-hydroxylation sites is 7. The van der Waals surface area contributed by atoms with Gasteiger partial charge in [0.25, 0.3) is 0 Å². The number of hydrogen-bond donors (Lipinski definition) is 0. The Balaban J connectivity index is 0.000000105. The van der Waals surface area contributed by atoms with E-state index in [9.17, 15) is 0 Å². The van der Waals surface area contributed by atoms with Crippen LogP contribution in [0.2, 0.25) is 0 Å². The monoisotopic (exact) mass is 1800 g/mol. The first-order valence-corrected chi connectivity index (χ1v) is 47.3. The normalized spacial score (nSPS) is 11.7. The molecule has 13 heteroatoms. The second-order valence-electron chi connectivity index (χ2n) is 35.0. The fourth-order valence-electron chi connectivity index (χ4n) is 20.1. The van der Waals surface area contributed by atoms with E-state index >= 15 is 0 Å². The summed E-state index contributed by atoms with van der Waals surface area (Å²) >= 11 is 1.74. The molecule has 0 aliphatic heterocycles. The first-order valence-electron chi connectivity index (χ1n) is 46.5. The smallest absolute Gasteiger partial charge is 0.231 e. The highest BCUT2D eigenvalue weighted by atomic mass is 32.1. The Hall–Kier alpha value is -18.6. The molecule has 139 heavy (non-hydrogen) atoms. The van der Waals surface area contributed by atoms with Gasteiger partial charge in [0.2, 0.25) is 5.71 Å². The first-order chi connectivity index (χ1) is 68.9. The zero-order valence-electron chi connectivity index (χ0n) is 74.5. The predicted octanol–water partition coefficient (Wildman–Crippen LogP) is 34.3. The number of furan rings is 4. The van der Waals surface area contributed by atoms with Crippen molar-refractivity contribution in [1.29, 1.82) is 0 Å². The number of hydrogen-bond acceptors (Lipinski definition) is 11. The molecule has 0 N–H and O–H groups in total. The molecule has 0 saturated heterocycles. The van der Waals surface area contributed by atoms with Crippen molar-refractivity contribution in [2.45, 2.75) is 0 Å². The molecule has 10 aromatic heterocycles. The van der Waals surface area contributed by atoms with Crippen molar-refractivity contribution < 1.29 is 17.7 Å². The number of benzene rings is 19. The zero-order chi connectivity index (χ0) is 91.5. The zero-order valence-corrected chi connectivity index (χ0v) is 75.3. The summed E-state index contributed by atoms with van der Waals surface area (Å²) in [7, 11) is 0. The van der Waals surface area contributed by atoms with Gasteiger partial charge in [-0.2, -0.15) is 4.98 Å². The molecule has 0 bridgehead atoms. The predicted molar refractivity (Wildman–Crippen MR) is 571 cm³/mol. The van der Waals surface area contributed by atoms with Gasteiger partial charge in [-0.15, -0.1) is 11.3 Å². The molecule has 12 nitrogen and oxygen atoms in total. The lowest BCUT2D eigenvalue weighted by Crippen LogP contribution is -1.97. The molecule has 0 aliphatic rings. The van der Waals surface area contributed by atoms with Gasteiger partial charge in [0.1, 0.15) is 44.7 Å². The Morgan fingerprint density at radius 1 is 0.187 bits per heavy atom. The van der Waals surface area contributed by atoms with Gasteiger partial charge in [-0.05, 0) is 178 Å². The molecule has 29 aromatic rings. The van der Waals surface area contributed by atoms with Crippen LogP contribution in [0, 0.1) is 0 Å². The largest absolute Gasteiger partial charge is 0.456 e. The standard InChI is InChI=1S/C46H30N2O.C40H23N3O2.C40H23N3OS/c1-4-12-31(13-5-1)33-22-24-34(25-23-33)36-18-10-19-37(28-36)38-20-11-21-40(29-38)46-47-43(35-16-8-3-9-17-35)45-44(48-46)41-27-26-39(30-42(41)49-45)32-14-6-2-7-15-32;1-5-13-32-27(9-1)28-10-2-6-14-33(28)43(32)26-20-17-24(18-21-26)39-41-38(37-31-12-4-8-16-35(31)45-40(37)42-39)25-19-22-30-29-11-3-7-15-34(29)44-36(30)23-25;1-5-16-32-27(12-1)28-13-2-6-17-33(28)43(32)26-11-9-10-25(22-26)40-41-37(39-38(42-40)31-15-4-8-19-36(31)45-39)24-20-21-30-29-14-3-7-18-34(29)44-35(30)23-24/h1-30H;2*1-23H. The molecule has 19 aromatic carbocycles. The van der Waals surface area contributed by atoms with Crippen LogP contribution in [0.4, 0.5) is 0 Å². The summed E-state index contributed by atoms with van der Waals surface area (Å²) in [6, 6.07) is 160.